The molecule has 31 heavy (non-hydrogen) atoms. The van der Waals surface area contributed by atoms with Crippen molar-refractivity contribution in [2.24, 2.45) is 0 Å². The van der Waals surface area contributed by atoms with E-state index in [1.54, 1.807) is 0 Å². The summed E-state index contributed by atoms with van der Waals surface area (Å²) in [7, 11) is 0. The van der Waals surface area contributed by atoms with Gasteiger partial charge >= 0.3 is 0 Å². The molecule has 1 saturated carbocycles. The summed E-state index contributed by atoms with van der Waals surface area (Å²) in [5.74, 6) is 0.138. The Morgan fingerprint density at radius 2 is 2.13 bits per heavy atom. The highest BCUT2D eigenvalue weighted by Gasteiger charge is 2.29. The average molecular weight is 419 g/mol. The highest BCUT2D eigenvalue weighted by molar-refractivity contribution is 5.76. The molecule has 4 heterocycles. The van der Waals surface area contributed by atoms with Gasteiger partial charge in [0.2, 0.25) is 5.91 Å². The number of nitrogens with zero attached hydrogens (tertiary/aromatic N) is 5. The lowest BCUT2D eigenvalue weighted by Gasteiger charge is -2.22. The van der Waals surface area contributed by atoms with Crippen LogP contribution in [0.3, 0.4) is 0 Å². The highest BCUT2D eigenvalue weighted by atomic mass is 16.1. The lowest BCUT2D eigenvalue weighted by molar-refractivity contribution is -0.121. The minimum absolute atomic E-state index is 0.138. The third-order valence-electron chi connectivity index (χ3n) is 6.54. The monoisotopic (exact) mass is 418 g/mol. The van der Waals surface area contributed by atoms with E-state index in [4.69, 9.17) is 10.1 Å². The Hall–Kier alpha value is -2.80. The minimum atomic E-state index is 0.138. The fourth-order valence-corrected chi connectivity index (χ4v) is 4.71. The molecular formula is C24H30N6O. The Labute approximate surface area is 182 Å². The summed E-state index contributed by atoms with van der Waals surface area (Å²) >= 11 is 0. The zero-order chi connectivity index (χ0) is 21.4. The van der Waals surface area contributed by atoms with Crippen LogP contribution < -0.4 is 5.32 Å². The molecule has 1 amide bonds. The van der Waals surface area contributed by atoms with E-state index in [-0.39, 0.29) is 5.91 Å². The number of hydrogen-bond acceptors (Lipinski definition) is 5. The summed E-state index contributed by atoms with van der Waals surface area (Å²) < 4.78 is 1.97. The summed E-state index contributed by atoms with van der Waals surface area (Å²) in [4.78, 5) is 23.7. The van der Waals surface area contributed by atoms with Crippen LogP contribution in [0.2, 0.25) is 0 Å². The van der Waals surface area contributed by atoms with Crippen molar-refractivity contribution in [3.63, 3.8) is 0 Å². The maximum absolute atomic E-state index is 12.2. The molecule has 2 fully saturated rings. The third-order valence-corrected chi connectivity index (χ3v) is 6.54. The number of nitrogens with one attached hydrogen (secondary N) is 1. The normalized spacial score (nSPS) is 19.2. The van der Waals surface area contributed by atoms with Crippen molar-refractivity contribution in [1.29, 1.82) is 0 Å². The summed E-state index contributed by atoms with van der Waals surface area (Å²) in [6, 6.07) is 6.97. The Balaban J connectivity index is 1.36. The first-order valence-electron chi connectivity index (χ1n) is 11.4. The lowest BCUT2D eigenvalue weighted by Crippen LogP contribution is -2.25. The number of rotatable bonds is 7. The van der Waals surface area contributed by atoms with E-state index in [1.165, 1.54) is 12.0 Å². The zero-order valence-corrected chi connectivity index (χ0v) is 18.3. The Morgan fingerprint density at radius 1 is 1.26 bits per heavy atom. The molecule has 1 unspecified atom stereocenters. The van der Waals surface area contributed by atoms with E-state index < -0.39 is 0 Å². The van der Waals surface area contributed by atoms with Crippen molar-refractivity contribution in [2.45, 2.75) is 71.0 Å². The molecule has 1 N–H and O–H groups in total. The summed E-state index contributed by atoms with van der Waals surface area (Å²) in [6.07, 6.45) is 9.48. The number of likely N-dealkylation sites (tertiary alicyclic amines) is 1. The molecule has 7 heteroatoms. The van der Waals surface area contributed by atoms with Gasteiger partial charge in [-0.25, -0.2) is 9.50 Å². The van der Waals surface area contributed by atoms with Gasteiger partial charge in [-0.05, 0) is 69.7 Å². The molecule has 2 aliphatic rings. The van der Waals surface area contributed by atoms with Gasteiger partial charge in [-0.15, -0.1) is 0 Å². The van der Waals surface area contributed by atoms with E-state index in [2.05, 4.69) is 34.3 Å². The van der Waals surface area contributed by atoms with Crippen molar-refractivity contribution in [2.75, 3.05) is 6.54 Å². The van der Waals surface area contributed by atoms with E-state index in [0.29, 0.717) is 24.9 Å². The minimum Gasteiger partial charge on any atom is -0.353 e. The Morgan fingerprint density at radius 3 is 2.90 bits per heavy atom. The SMILES string of the molecule is Cc1nc2cc(C3CCCN3Cc3cccnc3)nn2c(C)c1CCC(=O)NC1CC1. The molecule has 5 rings (SSSR count). The maximum Gasteiger partial charge on any atom is 0.220 e. The number of carbonyl (C=O) groups excluding carboxylic acids is 1. The lowest BCUT2D eigenvalue weighted by atomic mass is 10.1. The van der Waals surface area contributed by atoms with Crippen LogP contribution in [0, 0.1) is 13.8 Å². The highest BCUT2D eigenvalue weighted by Crippen LogP contribution is 2.33. The summed E-state index contributed by atoms with van der Waals surface area (Å²) in [6.45, 7) is 6.09. The second-order valence-corrected chi connectivity index (χ2v) is 8.93. The van der Waals surface area contributed by atoms with Gasteiger partial charge in [0.25, 0.3) is 0 Å². The van der Waals surface area contributed by atoms with E-state index in [9.17, 15) is 4.79 Å². The average Bonchev–Trinajstić information content (AvgIpc) is 3.28. The second kappa shape index (κ2) is 8.38. The Bertz CT molecular complexity index is 1090. The third kappa shape index (κ3) is 4.32. The van der Waals surface area contributed by atoms with Crippen LogP contribution in [-0.2, 0) is 17.8 Å². The van der Waals surface area contributed by atoms with Gasteiger partial charge in [-0.1, -0.05) is 6.07 Å². The maximum atomic E-state index is 12.2. The quantitative estimate of drug-likeness (QED) is 0.637. The molecule has 1 aliphatic heterocycles. The number of pyridine rings is 1. The van der Waals surface area contributed by atoms with Gasteiger partial charge in [0.15, 0.2) is 5.65 Å². The van der Waals surface area contributed by atoms with Gasteiger partial charge in [0.1, 0.15) is 0 Å². The fourth-order valence-electron chi connectivity index (χ4n) is 4.71. The molecule has 0 aromatic carbocycles. The Kier molecular flexibility index (Phi) is 5.44. The van der Waals surface area contributed by atoms with Crippen LogP contribution in [0.25, 0.3) is 5.65 Å². The van der Waals surface area contributed by atoms with Crippen molar-refractivity contribution >= 4 is 11.6 Å². The molecule has 162 valence electrons. The first-order valence-corrected chi connectivity index (χ1v) is 11.4. The van der Waals surface area contributed by atoms with Crippen LogP contribution in [0.15, 0.2) is 30.6 Å². The number of amides is 1. The zero-order valence-electron chi connectivity index (χ0n) is 18.3. The van der Waals surface area contributed by atoms with Crippen LogP contribution in [0.4, 0.5) is 0 Å². The van der Waals surface area contributed by atoms with Crippen LogP contribution in [0.1, 0.15) is 66.4 Å². The summed E-state index contributed by atoms with van der Waals surface area (Å²) in [5, 5.41) is 8.04. The molecule has 3 aromatic rings. The first kappa shape index (κ1) is 20.1. The van der Waals surface area contributed by atoms with Crippen molar-refractivity contribution in [3.8, 4) is 0 Å². The van der Waals surface area contributed by atoms with Gasteiger partial charge in [-0.3, -0.25) is 14.7 Å². The standard InChI is InChI=1S/C24H30N6O/c1-16-20(9-10-24(31)27-19-7-8-19)17(2)30-23(26-16)13-21(28-30)22-6-4-12-29(22)15-18-5-3-11-25-14-18/h3,5,11,13-14,19,22H,4,6-10,12,15H2,1-2H3,(H,27,31). The molecule has 0 bridgehead atoms. The van der Waals surface area contributed by atoms with Crippen molar-refractivity contribution < 1.29 is 4.79 Å². The largest absolute Gasteiger partial charge is 0.353 e. The molecule has 1 aliphatic carbocycles. The second-order valence-electron chi connectivity index (χ2n) is 8.93. The van der Waals surface area contributed by atoms with Gasteiger partial charge in [0, 0.05) is 48.9 Å². The van der Waals surface area contributed by atoms with Crippen molar-refractivity contribution in [3.05, 3.63) is 58.8 Å². The van der Waals surface area contributed by atoms with Crippen LogP contribution in [0.5, 0.6) is 0 Å². The van der Waals surface area contributed by atoms with Gasteiger partial charge in [-0.2, -0.15) is 5.10 Å². The number of aromatic nitrogens is 4. The predicted molar refractivity (Wildman–Crippen MR) is 119 cm³/mol. The predicted octanol–water partition coefficient (Wildman–Crippen LogP) is 3.29. The molecule has 3 aromatic heterocycles. The smallest absolute Gasteiger partial charge is 0.220 e. The molecule has 1 saturated heterocycles. The number of carbonyl (C=O) groups is 1. The fraction of sp³-hybridized carbons (Fsp3) is 0.500. The molecule has 0 radical (unpaired) electrons. The van der Waals surface area contributed by atoms with Crippen LogP contribution in [-0.4, -0.2) is 43.0 Å². The topological polar surface area (TPSA) is 75.4 Å². The van der Waals surface area contributed by atoms with E-state index in [1.807, 2.05) is 29.9 Å². The van der Waals surface area contributed by atoms with E-state index in [0.717, 1.165) is 60.6 Å². The number of fused-ring (bicyclic) bond motifs is 1. The molecule has 7 nitrogen and oxygen atoms in total. The number of hydrogen-bond donors (Lipinski definition) is 1. The number of aryl methyl sites for hydroxylation is 2. The molecule has 1 atom stereocenters. The van der Waals surface area contributed by atoms with Gasteiger partial charge < -0.3 is 5.32 Å². The molecular weight excluding hydrogens is 388 g/mol. The van der Waals surface area contributed by atoms with E-state index >= 15 is 0 Å². The first-order chi connectivity index (χ1) is 15.1. The van der Waals surface area contributed by atoms with Crippen molar-refractivity contribution in [1.82, 2.24) is 29.8 Å². The van der Waals surface area contributed by atoms with Crippen LogP contribution >= 0.6 is 0 Å². The summed E-state index contributed by atoms with van der Waals surface area (Å²) in [5.41, 5.74) is 6.42. The molecule has 0 spiro atoms. The van der Waals surface area contributed by atoms with Gasteiger partial charge in [0.05, 0.1) is 11.7 Å².